The Hall–Kier alpha value is -2.02. The number of hydrogen-bond acceptors (Lipinski definition) is 3. The van der Waals surface area contributed by atoms with Crippen LogP contribution in [0.4, 0.5) is 34.9 Å². The van der Waals surface area contributed by atoms with E-state index in [4.69, 9.17) is 11.6 Å². The molecule has 3 nitrogen and oxygen atoms in total. The third-order valence-electron chi connectivity index (χ3n) is 2.60. The highest BCUT2D eigenvalue weighted by Crippen LogP contribution is 2.33. The first-order valence-electron chi connectivity index (χ1n) is 5.78. The van der Waals surface area contributed by atoms with Crippen LogP contribution in [0, 0.1) is 5.82 Å². The minimum atomic E-state index is -4.52. The summed E-state index contributed by atoms with van der Waals surface area (Å²) in [6.07, 6.45) is -4.52. The number of rotatable bonds is 3. The van der Waals surface area contributed by atoms with E-state index in [9.17, 15) is 17.6 Å². The zero-order valence-corrected chi connectivity index (χ0v) is 11.5. The first-order chi connectivity index (χ1) is 9.79. The summed E-state index contributed by atoms with van der Waals surface area (Å²) in [5, 5.41) is 5.21. The van der Waals surface area contributed by atoms with Crippen molar-refractivity contribution in [3.8, 4) is 0 Å². The van der Waals surface area contributed by atoms with Crippen molar-refractivity contribution in [3.63, 3.8) is 0 Å². The molecule has 1 aromatic heterocycles. The Bertz CT molecular complexity index is 658. The highest BCUT2D eigenvalue weighted by atomic mass is 35.5. The van der Waals surface area contributed by atoms with Crippen molar-refractivity contribution >= 4 is 28.9 Å². The number of aromatic nitrogens is 1. The van der Waals surface area contributed by atoms with E-state index in [1.54, 1.807) is 0 Å². The number of benzene rings is 1. The second kappa shape index (κ2) is 5.77. The molecule has 0 aliphatic heterocycles. The van der Waals surface area contributed by atoms with Gasteiger partial charge in [0.25, 0.3) is 0 Å². The number of pyridine rings is 1. The molecule has 0 saturated heterocycles. The van der Waals surface area contributed by atoms with Gasteiger partial charge in [0, 0.05) is 12.1 Å². The van der Waals surface area contributed by atoms with Crippen LogP contribution in [0.3, 0.4) is 0 Å². The molecule has 0 aliphatic carbocycles. The molecule has 112 valence electrons. The molecule has 0 amide bonds. The first kappa shape index (κ1) is 15.4. The van der Waals surface area contributed by atoms with Crippen LogP contribution in [0.5, 0.6) is 0 Å². The smallest absolute Gasteiger partial charge is 0.373 e. The predicted octanol–water partition coefficient (Wildman–Crippen LogP) is 4.68. The maximum atomic E-state index is 13.6. The normalized spacial score (nSPS) is 11.3. The Labute approximate surface area is 123 Å². The minimum Gasteiger partial charge on any atom is -0.373 e. The van der Waals surface area contributed by atoms with Gasteiger partial charge in [-0.15, -0.1) is 0 Å². The van der Waals surface area contributed by atoms with Crippen LogP contribution in [0.1, 0.15) is 5.56 Å². The van der Waals surface area contributed by atoms with E-state index < -0.39 is 17.6 Å². The van der Waals surface area contributed by atoms with Crippen molar-refractivity contribution in [2.24, 2.45) is 0 Å². The number of halogens is 5. The van der Waals surface area contributed by atoms with E-state index in [2.05, 4.69) is 15.6 Å². The average molecular weight is 320 g/mol. The average Bonchev–Trinajstić information content (AvgIpc) is 2.40. The SMILES string of the molecule is CNc1cc(C(F)(F)F)cc(Nc2ccc(Cl)cc2F)n1. The summed E-state index contributed by atoms with van der Waals surface area (Å²) < 4.78 is 52.0. The van der Waals surface area contributed by atoms with Gasteiger partial charge in [0.2, 0.25) is 0 Å². The molecule has 1 aromatic carbocycles. The van der Waals surface area contributed by atoms with E-state index in [1.165, 1.54) is 19.2 Å². The molecule has 0 bridgehead atoms. The number of nitrogens with zero attached hydrogens (tertiary/aromatic N) is 1. The van der Waals surface area contributed by atoms with E-state index in [0.717, 1.165) is 18.2 Å². The maximum absolute atomic E-state index is 13.6. The van der Waals surface area contributed by atoms with Crippen molar-refractivity contribution < 1.29 is 17.6 Å². The topological polar surface area (TPSA) is 37.0 Å². The zero-order chi connectivity index (χ0) is 15.6. The van der Waals surface area contributed by atoms with Crippen LogP contribution in [0.2, 0.25) is 5.02 Å². The van der Waals surface area contributed by atoms with Gasteiger partial charge in [-0.2, -0.15) is 13.2 Å². The van der Waals surface area contributed by atoms with Gasteiger partial charge >= 0.3 is 6.18 Å². The summed E-state index contributed by atoms with van der Waals surface area (Å²) in [6, 6.07) is 5.45. The van der Waals surface area contributed by atoms with Crippen LogP contribution in [0.25, 0.3) is 0 Å². The van der Waals surface area contributed by atoms with Crippen LogP contribution in [0.15, 0.2) is 30.3 Å². The summed E-state index contributed by atoms with van der Waals surface area (Å²) in [5.74, 6) is -0.801. The van der Waals surface area contributed by atoms with Crippen molar-refractivity contribution in [2.75, 3.05) is 17.7 Å². The molecule has 0 spiro atoms. The fraction of sp³-hybridized carbons (Fsp3) is 0.154. The molecule has 2 aromatic rings. The molecule has 2 rings (SSSR count). The lowest BCUT2D eigenvalue weighted by molar-refractivity contribution is -0.137. The Morgan fingerprint density at radius 1 is 1.10 bits per heavy atom. The summed E-state index contributed by atoms with van der Waals surface area (Å²) in [4.78, 5) is 3.90. The molecule has 0 saturated carbocycles. The van der Waals surface area contributed by atoms with Crippen molar-refractivity contribution in [1.29, 1.82) is 0 Å². The number of nitrogens with one attached hydrogen (secondary N) is 2. The largest absolute Gasteiger partial charge is 0.416 e. The zero-order valence-electron chi connectivity index (χ0n) is 10.7. The van der Waals surface area contributed by atoms with Gasteiger partial charge in [-0.1, -0.05) is 11.6 Å². The van der Waals surface area contributed by atoms with Crippen LogP contribution in [-0.2, 0) is 6.18 Å². The van der Waals surface area contributed by atoms with E-state index in [0.29, 0.717) is 0 Å². The van der Waals surface area contributed by atoms with Gasteiger partial charge in [0.1, 0.15) is 17.5 Å². The third kappa shape index (κ3) is 3.75. The van der Waals surface area contributed by atoms with Crippen molar-refractivity contribution in [2.45, 2.75) is 6.18 Å². The molecule has 21 heavy (non-hydrogen) atoms. The van der Waals surface area contributed by atoms with E-state index in [-0.39, 0.29) is 22.3 Å². The van der Waals surface area contributed by atoms with Gasteiger partial charge in [0.15, 0.2) is 0 Å². The predicted molar refractivity (Wildman–Crippen MR) is 73.5 cm³/mol. The molecule has 2 N–H and O–H groups in total. The monoisotopic (exact) mass is 319 g/mol. The number of hydrogen-bond donors (Lipinski definition) is 2. The van der Waals surface area contributed by atoms with Crippen molar-refractivity contribution in [3.05, 3.63) is 46.7 Å². The fourth-order valence-electron chi connectivity index (χ4n) is 1.62. The Kier molecular flexibility index (Phi) is 4.22. The summed E-state index contributed by atoms with van der Waals surface area (Å²) in [7, 11) is 1.44. The number of alkyl halides is 3. The maximum Gasteiger partial charge on any atom is 0.416 e. The Morgan fingerprint density at radius 3 is 2.33 bits per heavy atom. The standard InChI is InChI=1S/C13H10ClF4N3/c1-19-11-4-7(13(16,17)18)5-12(21-11)20-10-3-2-8(14)6-9(10)15/h2-6H,1H3,(H2,19,20,21). The highest BCUT2D eigenvalue weighted by Gasteiger charge is 2.31. The lowest BCUT2D eigenvalue weighted by Gasteiger charge is -2.13. The molecule has 0 unspecified atom stereocenters. The second-order valence-corrected chi connectivity index (χ2v) is 4.56. The van der Waals surface area contributed by atoms with Crippen LogP contribution < -0.4 is 10.6 Å². The molecular formula is C13H10ClF4N3. The van der Waals surface area contributed by atoms with Gasteiger partial charge in [-0.3, -0.25) is 0 Å². The minimum absolute atomic E-state index is 0.0155. The molecule has 1 heterocycles. The highest BCUT2D eigenvalue weighted by molar-refractivity contribution is 6.30. The van der Waals surface area contributed by atoms with Crippen LogP contribution in [-0.4, -0.2) is 12.0 Å². The first-order valence-corrected chi connectivity index (χ1v) is 6.16. The van der Waals surface area contributed by atoms with Gasteiger partial charge in [-0.05, 0) is 30.3 Å². The summed E-state index contributed by atoms with van der Waals surface area (Å²) in [6.45, 7) is 0. The lowest BCUT2D eigenvalue weighted by atomic mass is 10.2. The van der Waals surface area contributed by atoms with Gasteiger partial charge < -0.3 is 10.6 Å². The summed E-state index contributed by atoms with van der Waals surface area (Å²) >= 11 is 5.61. The van der Waals surface area contributed by atoms with E-state index >= 15 is 0 Å². The van der Waals surface area contributed by atoms with Gasteiger partial charge in [-0.25, -0.2) is 9.37 Å². The quantitative estimate of drug-likeness (QED) is 0.807. The van der Waals surface area contributed by atoms with E-state index in [1.807, 2.05) is 0 Å². The van der Waals surface area contributed by atoms with Crippen molar-refractivity contribution in [1.82, 2.24) is 4.98 Å². The summed E-state index contributed by atoms with van der Waals surface area (Å²) in [5.41, 5.74) is -0.910. The molecule has 0 radical (unpaired) electrons. The second-order valence-electron chi connectivity index (χ2n) is 4.12. The lowest BCUT2D eigenvalue weighted by Crippen LogP contribution is -2.08. The molecule has 0 aliphatic rings. The number of anilines is 3. The Morgan fingerprint density at radius 2 is 1.76 bits per heavy atom. The fourth-order valence-corrected chi connectivity index (χ4v) is 1.77. The molecule has 8 heteroatoms. The van der Waals surface area contributed by atoms with Crippen LogP contribution >= 0.6 is 11.6 Å². The van der Waals surface area contributed by atoms with Gasteiger partial charge in [0.05, 0.1) is 11.3 Å². The molecule has 0 atom stereocenters. The Balaban J connectivity index is 2.39. The molecular weight excluding hydrogens is 310 g/mol. The molecule has 0 fully saturated rings. The third-order valence-corrected chi connectivity index (χ3v) is 2.84.